The fraction of sp³-hybridized carbons (Fsp3) is 1.00. The van der Waals surface area contributed by atoms with Crippen LogP contribution in [-0.2, 0) is 0 Å². The smallest absolute Gasteiger partial charge is 0.0680 e. The second kappa shape index (κ2) is 4.60. The van der Waals surface area contributed by atoms with Crippen LogP contribution in [0.25, 0.3) is 0 Å². The lowest BCUT2D eigenvalue weighted by Gasteiger charge is -2.35. The molecular formula is C11H22N2O. The lowest BCUT2D eigenvalue weighted by molar-refractivity contribution is 0.141. The highest BCUT2D eigenvalue weighted by Crippen LogP contribution is 2.18. The van der Waals surface area contributed by atoms with Crippen LogP contribution >= 0.6 is 0 Å². The Labute approximate surface area is 86.5 Å². The van der Waals surface area contributed by atoms with E-state index in [4.69, 9.17) is 0 Å². The third kappa shape index (κ3) is 2.47. The maximum Gasteiger partial charge on any atom is 0.0680 e. The topological polar surface area (TPSA) is 35.5 Å². The molecule has 14 heavy (non-hydrogen) atoms. The van der Waals surface area contributed by atoms with Gasteiger partial charge in [-0.25, -0.2) is 0 Å². The molecule has 3 atom stereocenters. The van der Waals surface area contributed by atoms with Crippen LogP contribution in [0.2, 0.25) is 0 Å². The SMILES string of the molecule is CC1CCCCN1CC1CC(O)CN1. The van der Waals surface area contributed by atoms with Crippen LogP contribution in [0, 0.1) is 0 Å². The van der Waals surface area contributed by atoms with E-state index in [0.29, 0.717) is 6.04 Å². The number of rotatable bonds is 2. The van der Waals surface area contributed by atoms with Gasteiger partial charge in [0.1, 0.15) is 0 Å². The third-order valence-electron chi connectivity index (χ3n) is 3.59. The summed E-state index contributed by atoms with van der Waals surface area (Å²) < 4.78 is 0. The standard InChI is InChI=1S/C11H22N2O/c1-9-4-2-3-5-13(9)8-10-6-11(14)7-12-10/h9-12,14H,2-8H2,1H3. The summed E-state index contributed by atoms with van der Waals surface area (Å²) >= 11 is 0. The highest BCUT2D eigenvalue weighted by Gasteiger charge is 2.26. The van der Waals surface area contributed by atoms with Crippen molar-refractivity contribution >= 4 is 0 Å². The van der Waals surface area contributed by atoms with Crippen LogP contribution < -0.4 is 5.32 Å². The number of hydrogen-bond donors (Lipinski definition) is 2. The Balaban J connectivity index is 1.78. The summed E-state index contributed by atoms with van der Waals surface area (Å²) in [6, 6.07) is 1.26. The molecule has 0 saturated carbocycles. The van der Waals surface area contributed by atoms with Gasteiger partial charge < -0.3 is 10.4 Å². The lowest BCUT2D eigenvalue weighted by Crippen LogP contribution is -2.44. The number of β-amino-alcohol motifs (C(OH)–C–C–N with tert-alkyl or cyclic N) is 1. The summed E-state index contributed by atoms with van der Waals surface area (Å²) in [5.41, 5.74) is 0. The predicted molar refractivity (Wildman–Crippen MR) is 57.3 cm³/mol. The molecule has 0 radical (unpaired) electrons. The molecule has 0 bridgehead atoms. The Morgan fingerprint density at radius 2 is 2.29 bits per heavy atom. The van der Waals surface area contributed by atoms with Crippen LogP contribution in [0.15, 0.2) is 0 Å². The van der Waals surface area contributed by atoms with Crippen molar-refractivity contribution in [1.29, 1.82) is 0 Å². The Hall–Kier alpha value is -0.120. The van der Waals surface area contributed by atoms with Crippen molar-refractivity contribution in [2.75, 3.05) is 19.6 Å². The maximum absolute atomic E-state index is 9.41. The molecule has 3 unspecified atom stereocenters. The summed E-state index contributed by atoms with van der Waals surface area (Å²) in [6.45, 7) is 5.48. The zero-order valence-electron chi connectivity index (χ0n) is 9.08. The van der Waals surface area contributed by atoms with E-state index >= 15 is 0 Å². The molecule has 0 spiro atoms. The van der Waals surface area contributed by atoms with Crippen molar-refractivity contribution in [3.63, 3.8) is 0 Å². The molecule has 2 aliphatic heterocycles. The van der Waals surface area contributed by atoms with Gasteiger partial charge in [-0.15, -0.1) is 0 Å². The normalized spacial score (nSPS) is 40.3. The van der Waals surface area contributed by atoms with E-state index in [1.165, 1.54) is 25.8 Å². The number of likely N-dealkylation sites (tertiary alicyclic amines) is 1. The molecule has 2 fully saturated rings. The van der Waals surface area contributed by atoms with Gasteiger partial charge in [0.2, 0.25) is 0 Å². The van der Waals surface area contributed by atoms with E-state index in [1.54, 1.807) is 0 Å². The van der Waals surface area contributed by atoms with Gasteiger partial charge in [-0.2, -0.15) is 0 Å². The Morgan fingerprint density at radius 1 is 1.43 bits per heavy atom. The third-order valence-corrected chi connectivity index (χ3v) is 3.59. The number of nitrogens with one attached hydrogen (secondary N) is 1. The number of aliphatic hydroxyl groups excluding tert-OH is 1. The summed E-state index contributed by atoms with van der Waals surface area (Å²) in [4.78, 5) is 2.57. The molecular weight excluding hydrogens is 176 g/mol. The average Bonchev–Trinajstić information content (AvgIpc) is 2.56. The molecule has 0 aromatic rings. The second-order valence-corrected chi connectivity index (χ2v) is 4.83. The molecule has 2 saturated heterocycles. The van der Waals surface area contributed by atoms with E-state index in [1.807, 2.05) is 0 Å². The molecule has 82 valence electrons. The highest BCUT2D eigenvalue weighted by atomic mass is 16.3. The first-order chi connectivity index (χ1) is 6.75. The minimum Gasteiger partial charge on any atom is -0.392 e. The van der Waals surface area contributed by atoms with Crippen LogP contribution in [-0.4, -0.2) is 47.8 Å². The van der Waals surface area contributed by atoms with Crippen LogP contribution in [0.5, 0.6) is 0 Å². The maximum atomic E-state index is 9.41. The number of aliphatic hydroxyl groups is 1. The van der Waals surface area contributed by atoms with Crippen molar-refractivity contribution in [3.8, 4) is 0 Å². The Kier molecular flexibility index (Phi) is 3.42. The van der Waals surface area contributed by atoms with Gasteiger partial charge in [0.05, 0.1) is 6.10 Å². The molecule has 0 aliphatic carbocycles. The molecule has 2 N–H and O–H groups in total. The quantitative estimate of drug-likeness (QED) is 0.681. The zero-order valence-corrected chi connectivity index (χ0v) is 9.08. The first kappa shape index (κ1) is 10.4. The summed E-state index contributed by atoms with van der Waals surface area (Å²) in [6.07, 6.45) is 4.90. The first-order valence-corrected chi connectivity index (χ1v) is 5.91. The molecule has 2 aliphatic rings. The molecule has 2 rings (SSSR count). The lowest BCUT2D eigenvalue weighted by atomic mass is 10.0. The van der Waals surface area contributed by atoms with E-state index < -0.39 is 0 Å². The van der Waals surface area contributed by atoms with Crippen LogP contribution in [0.4, 0.5) is 0 Å². The number of hydrogen-bond acceptors (Lipinski definition) is 3. The van der Waals surface area contributed by atoms with Gasteiger partial charge in [-0.3, -0.25) is 4.90 Å². The van der Waals surface area contributed by atoms with Gasteiger partial charge in [-0.05, 0) is 32.7 Å². The van der Waals surface area contributed by atoms with E-state index in [0.717, 1.165) is 25.6 Å². The number of nitrogens with zero attached hydrogens (tertiary/aromatic N) is 1. The highest BCUT2D eigenvalue weighted by molar-refractivity contribution is 4.85. The van der Waals surface area contributed by atoms with Crippen LogP contribution in [0.1, 0.15) is 32.6 Å². The van der Waals surface area contributed by atoms with Crippen molar-refractivity contribution < 1.29 is 5.11 Å². The van der Waals surface area contributed by atoms with Crippen molar-refractivity contribution in [2.24, 2.45) is 0 Å². The van der Waals surface area contributed by atoms with Gasteiger partial charge in [-0.1, -0.05) is 6.42 Å². The molecule has 0 aromatic carbocycles. The molecule has 3 nitrogen and oxygen atoms in total. The largest absolute Gasteiger partial charge is 0.392 e. The van der Waals surface area contributed by atoms with Gasteiger partial charge >= 0.3 is 0 Å². The van der Waals surface area contributed by atoms with Crippen LogP contribution in [0.3, 0.4) is 0 Å². The molecule has 3 heteroatoms. The summed E-state index contributed by atoms with van der Waals surface area (Å²) in [7, 11) is 0. The fourth-order valence-corrected chi connectivity index (χ4v) is 2.65. The zero-order chi connectivity index (χ0) is 9.97. The Morgan fingerprint density at radius 3 is 2.93 bits per heavy atom. The van der Waals surface area contributed by atoms with Gasteiger partial charge in [0.15, 0.2) is 0 Å². The van der Waals surface area contributed by atoms with Crippen molar-refractivity contribution in [1.82, 2.24) is 10.2 Å². The molecule has 0 aromatic heterocycles. The summed E-state index contributed by atoms with van der Waals surface area (Å²) in [5.74, 6) is 0. The van der Waals surface area contributed by atoms with Crippen molar-refractivity contribution in [3.05, 3.63) is 0 Å². The van der Waals surface area contributed by atoms with E-state index in [-0.39, 0.29) is 6.10 Å². The van der Waals surface area contributed by atoms with E-state index in [9.17, 15) is 5.11 Å². The fourth-order valence-electron chi connectivity index (χ4n) is 2.65. The number of piperidine rings is 1. The second-order valence-electron chi connectivity index (χ2n) is 4.83. The van der Waals surface area contributed by atoms with Crippen molar-refractivity contribution in [2.45, 2.75) is 50.8 Å². The molecule has 2 heterocycles. The Bertz CT molecular complexity index is 186. The molecule has 0 amide bonds. The first-order valence-electron chi connectivity index (χ1n) is 5.91. The average molecular weight is 198 g/mol. The minimum absolute atomic E-state index is 0.111. The monoisotopic (exact) mass is 198 g/mol. The predicted octanol–water partition coefficient (Wildman–Crippen LogP) is 0.584. The van der Waals surface area contributed by atoms with Gasteiger partial charge in [0, 0.05) is 25.2 Å². The van der Waals surface area contributed by atoms with Gasteiger partial charge in [0.25, 0.3) is 0 Å². The minimum atomic E-state index is -0.111. The van der Waals surface area contributed by atoms with E-state index in [2.05, 4.69) is 17.1 Å². The summed E-state index contributed by atoms with van der Waals surface area (Å²) in [5, 5.41) is 12.8.